The zero-order valence-electron chi connectivity index (χ0n) is 10.6. The Labute approximate surface area is 93.2 Å². The minimum absolute atomic E-state index is 0.0882. The molecule has 0 aromatic rings. The van der Waals surface area contributed by atoms with Gasteiger partial charge in [0.25, 0.3) is 0 Å². The predicted octanol–water partition coefficient (Wildman–Crippen LogP) is 1.63. The van der Waals surface area contributed by atoms with Crippen molar-refractivity contribution in [1.82, 2.24) is 10.2 Å². The molecule has 3 nitrogen and oxygen atoms in total. The number of nitrogens with zero attached hydrogens (tertiary/aromatic N) is 1. The molecular weight excluding hydrogens is 188 g/mol. The summed E-state index contributed by atoms with van der Waals surface area (Å²) in [7, 11) is 0. The van der Waals surface area contributed by atoms with E-state index < -0.39 is 0 Å². The lowest BCUT2D eigenvalue weighted by Gasteiger charge is -2.39. The van der Waals surface area contributed by atoms with E-state index in [1.807, 2.05) is 4.90 Å². The van der Waals surface area contributed by atoms with E-state index in [-0.39, 0.29) is 5.41 Å². The van der Waals surface area contributed by atoms with Crippen LogP contribution in [0.4, 0.5) is 0 Å². The quantitative estimate of drug-likeness (QED) is 0.716. The summed E-state index contributed by atoms with van der Waals surface area (Å²) in [4.78, 5) is 14.1. The minimum Gasteiger partial charge on any atom is -0.337 e. The molecule has 0 saturated carbocycles. The van der Waals surface area contributed by atoms with Crippen molar-refractivity contribution < 1.29 is 4.79 Å². The van der Waals surface area contributed by atoms with Gasteiger partial charge < -0.3 is 10.2 Å². The van der Waals surface area contributed by atoms with Crippen molar-refractivity contribution in [1.29, 1.82) is 0 Å². The van der Waals surface area contributed by atoms with E-state index in [1.54, 1.807) is 0 Å². The fraction of sp³-hybridized carbons (Fsp3) is 0.917. The van der Waals surface area contributed by atoms with Crippen molar-refractivity contribution in [3.8, 4) is 0 Å². The molecule has 1 rings (SSSR count). The Bertz CT molecular complexity index is 232. The lowest BCUT2D eigenvalue weighted by molar-refractivity contribution is -0.136. The maximum Gasteiger partial charge on any atom is 0.223 e. The molecule has 2 atom stereocenters. The summed E-state index contributed by atoms with van der Waals surface area (Å²) in [6.45, 7) is 12.4. The Morgan fingerprint density at radius 1 is 1.40 bits per heavy atom. The molecule has 2 unspecified atom stereocenters. The van der Waals surface area contributed by atoms with Gasteiger partial charge in [0.2, 0.25) is 5.91 Å². The second kappa shape index (κ2) is 4.52. The van der Waals surface area contributed by atoms with Gasteiger partial charge >= 0.3 is 0 Å². The summed E-state index contributed by atoms with van der Waals surface area (Å²) in [5.74, 6) is 0.295. The van der Waals surface area contributed by atoms with Gasteiger partial charge in [-0.1, -0.05) is 20.8 Å². The summed E-state index contributed by atoms with van der Waals surface area (Å²) in [5.41, 5.74) is 0.0882. The van der Waals surface area contributed by atoms with Crippen LogP contribution in [-0.2, 0) is 4.79 Å². The van der Waals surface area contributed by atoms with Gasteiger partial charge in [0.15, 0.2) is 0 Å². The molecule has 0 aliphatic carbocycles. The average molecular weight is 212 g/mol. The van der Waals surface area contributed by atoms with Crippen LogP contribution in [0.5, 0.6) is 0 Å². The molecule has 1 aliphatic rings. The maximum atomic E-state index is 12.1. The van der Waals surface area contributed by atoms with E-state index in [4.69, 9.17) is 0 Å². The van der Waals surface area contributed by atoms with E-state index in [0.717, 1.165) is 13.1 Å². The summed E-state index contributed by atoms with van der Waals surface area (Å²) < 4.78 is 0. The van der Waals surface area contributed by atoms with Crippen molar-refractivity contribution in [3.63, 3.8) is 0 Å². The fourth-order valence-corrected chi connectivity index (χ4v) is 1.96. The third-order valence-electron chi connectivity index (χ3n) is 3.04. The molecule has 0 bridgehead atoms. The van der Waals surface area contributed by atoms with Gasteiger partial charge in [0, 0.05) is 31.6 Å². The number of carbonyl (C=O) groups is 1. The van der Waals surface area contributed by atoms with E-state index in [9.17, 15) is 4.79 Å². The maximum absolute atomic E-state index is 12.1. The van der Waals surface area contributed by atoms with E-state index in [1.165, 1.54) is 0 Å². The SMILES string of the molecule is CC1NCCN(C(=O)CC(C)(C)C)C1C. The first-order valence-electron chi connectivity index (χ1n) is 5.84. The van der Waals surface area contributed by atoms with Crippen LogP contribution in [0.15, 0.2) is 0 Å². The molecule has 88 valence electrons. The number of hydrogen-bond donors (Lipinski definition) is 1. The molecule has 15 heavy (non-hydrogen) atoms. The van der Waals surface area contributed by atoms with Crippen molar-refractivity contribution in [2.24, 2.45) is 5.41 Å². The van der Waals surface area contributed by atoms with Crippen LogP contribution in [0.1, 0.15) is 41.0 Å². The minimum atomic E-state index is 0.0882. The highest BCUT2D eigenvalue weighted by Crippen LogP contribution is 2.21. The molecule has 1 amide bonds. The van der Waals surface area contributed by atoms with E-state index >= 15 is 0 Å². The highest BCUT2D eigenvalue weighted by atomic mass is 16.2. The topological polar surface area (TPSA) is 32.3 Å². The molecule has 1 aliphatic heterocycles. The summed E-state index contributed by atoms with van der Waals surface area (Å²) in [6.07, 6.45) is 0.643. The van der Waals surface area contributed by atoms with Crippen molar-refractivity contribution in [2.75, 3.05) is 13.1 Å². The van der Waals surface area contributed by atoms with Gasteiger partial charge in [-0.25, -0.2) is 0 Å². The van der Waals surface area contributed by atoms with Gasteiger partial charge in [0.05, 0.1) is 0 Å². The van der Waals surface area contributed by atoms with E-state index in [2.05, 4.69) is 39.9 Å². The smallest absolute Gasteiger partial charge is 0.223 e. The van der Waals surface area contributed by atoms with Crippen LogP contribution in [0.3, 0.4) is 0 Å². The van der Waals surface area contributed by atoms with Gasteiger partial charge in [0.1, 0.15) is 0 Å². The second-order valence-electron chi connectivity index (χ2n) is 5.81. The van der Waals surface area contributed by atoms with Gasteiger partial charge in [-0.3, -0.25) is 4.79 Å². The number of amides is 1. The predicted molar refractivity (Wildman–Crippen MR) is 62.7 cm³/mol. The van der Waals surface area contributed by atoms with Gasteiger partial charge in [-0.15, -0.1) is 0 Å². The normalized spacial score (nSPS) is 27.9. The van der Waals surface area contributed by atoms with Gasteiger partial charge in [-0.2, -0.15) is 0 Å². The standard InChI is InChI=1S/C12H24N2O/c1-9-10(2)14(7-6-13-9)11(15)8-12(3,4)5/h9-10,13H,6-8H2,1-5H3. The molecular formula is C12H24N2O. The first kappa shape index (κ1) is 12.5. The first-order chi connectivity index (χ1) is 6.81. The Kier molecular flexibility index (Phi) is 3.77. The van der Waals surface area contributed by atoms with Crippen LogP contribution in [0, 0.1) is 5.41 Å². The third-order valence-corrected chi connectivity index (χ3v) is 3.04. The molecule has 3 heteroatoms. The zero-order valence-corrected chi connectivity index (χ0v) is 10.6. The second-order valence-corrected chi connectivity index (χ2v) is 5.81. The van der Waals surface area contributed by atoms with Crippen molar-refractivity contribution >= 4 is 5.91 Å². The molecule has 1 heterocycles. The number of piperazine rings is 1. The third kappa shape index (κ3) is 3.49. The number of hydrogen-bond acceptors (Lipinski definition) is 2. The highest BCUT2D eigenvalue weighted by molar-refractivity contribution is 5.77. The molecule has 1 N–H and O–H groups in total. The fourth-order valence-electron chi connectivity index (χ4n) is 1.96. The van der Waals surface area contributed by atoms with Crippen LogP contribution in [0.25, 0.3) is 0 Å². The molecule has 0 aromatic carbocycles. The monoisotopic (exact) mass is 212 g/mol. The summed E-state index contributed by atoms with van der Waals surface area (Å²) >= 11 is 0. The molecule has 1 saturated heterocycles. The Hall–Kier alpha value is -0.570. The molecule has 0 spiro atoms. The Morgan fingerprint density at radius 2 is 2.00 bits per heavy atom. The van der Waals surface area contributed by atoms with Crippen LogP contribution >= 0.6 is 0 Å². The Morgan fingerprint density at radius 3 is 2.53 bits per heavy atom. The lowest BCUT2D eigenvalue weighted by atomic mass is 9.91. The van der Waals surface area contributed by atoms with Gasteiger partial charge in [-0.05, 0) is 19.3 Å². The van der Waals surface area contributed by atoms with Crippen LogP contribution in [0.2, 0.25) is 0 Å². The van der Waals surface area contributed by atoms with E-state index in [0.29, 0.717) is 24.4 Å². The number of carbonyl (C=O) groups excluding carboxylic acids is 1. The highest BCUT2D eigenvalue weighted by Gasteiger charge is 2.29. The van der Waals surface area contributed by atoms with Crippen molar-refractivity contribution in [2.45, 2.75) is 53.1 Å². The number of nitrogens with one attached hydrogen (secondary N) is 1. The summed E-state index contributed by atoms with van der Waals surface area (Å²) in [5, 5.41) is 3.39. The first-order valence-corrected chi connectivity index (χ1v) is 5.84. The zero-order chi connectivity index (χ0) is 11.6. The number of rotatable bonds is 1. The largest absolute Gasteiger partial charge is 0.337 e. The van der Waals surface area contributed by atoms with Crippen LogP contribution in [-0.4, -0.2) is 36.0 Å². The average Bonchev–Trinajstić information content (AvgIpc) is 2.06. The molecule has 0 aromatic heterocycles. The molecule has 1 fully saturated rings. The lowest BCUT2D eigenvalue weighted by Crippen LogP contribution is -2.57. The Balaban J connectivity index is 2.59. The van der Waals surface area contributed by atoms with Crippen molar-refractivity contribution in [3.05, 3.63) is 0 Å². The summed E-state index contributed by atoms with van der Waals surface area (Å²) in [6, 6.07) is 0.719. The molecule has 0 radical (unpaired) electrons. The van der Waals surface area contributed by atoms with Crippen LogP contribution < -0.4 is 5.32 Å².